The fraction of sp³-hybridized carbons (Fsp3) is 0.538. The molecule has 0 spiro atoms. The van der Waals surface area contributed by atoms with Gasteiger partial charge in [0.1, 0.15) is 5.82 Å². The van der Waals surface area contributed by atoms with Gasteiger partial charge in [0, 0.05) is 9.30 Å². The highest BCUT2D eigenvalue weighted by molar-refractivity contribution is 9.10. The van der Waals surface area contributed by atoms with E-state index in [0.717, 1.165) is 18.4 Å². The number of alkyl halides is 1. The standard InChI is InChI=1S/C13H14Br2ClF/c14-10-5-3-1-2-4-8(10)9-6-7-11(15)12(16)13(9)17/h6-8,10H,1-5H2. The van der Waals surface area contributed by atoms with Crippen LogP contribution in [0.15, 0.2) is 16.6 Å². The van der Waals surface area contributed by atoms with Crippen LogP contribution in [0.2, 0.25) is 5.02 Å². The average molecular weight is 385 g/mol. The van der Waals surface area contributed by atoms with Crippen molar-refractivity contribution in [3.8, 4) is 0 Å². The van der Waals surface area contributed by atoms with Crippen molar-refractivity contribution in [3.63, 3.8) is 0 Å². The molecule has 2 rings (SSSR count). The van der Waals surface area contributed by atoms with Crippen molar-refractivity contribution in [2.75, 3.05) is 0 Å². The van der Waals surface area contributed by atoms with Gasteiger partial charge in [-0.2, -0.15) is 0 Å². The second kappa shape index (κ2) is 6.03. The van der Waals surface area contributed by atoms with Crippen LogP contribution in [0.25, 0.3) is 0 Å². The van der Waals surface area contributed by atoms with E-state index in [9.17, 15) is 4.39 Å². The summed E-state index contributed by atoms with van der Waals surface area (Å²) in [5.41, 5.74) is 0.752. The van der Waals surface area contributed by atoms with Crippen molar-refractivity contribution in [3.05, 3.63) is 33.0 Å². The molecule has 0 bridgehead atoms. The highest BCUT2D eigenvalue weighted by Gasteiger charge is 2.26. The minimum Gasteiger partial charge on any atom is -0.205 e. The molecule has 1 saturated carbocycles. The van der Waals surface area contributed by atoms with Crippen LogP contribution in [0.4, 0.5) is 4.39 Å². The first-order chi connectivity index (χ1) is 8.11. The van der Waals surface area contributed by atoms with Gasteiger partial charge in [0.25, 0.3) is 0 Å². The topological polar surface area (TPSA) is 0 Å². The molecule has 0 amide bonds. The summed E-state index contributed by atoms with van der Waals surface area (Å²) in [5, 5.41) is 0.200. The normalized spacial score (nSPS) is 25.6. The molecule has 4 heteroatoms. The fourth-order valence-electron chi connectivity index (χ4n) is 2.44. The van der Waals surface area contributed by atoms with Crippen LogP contribution in [0.5, 0.6) is 0 Å². The summed E-state index contributed by atoms with van der Waals surface area (Å²) in [5.74, 6) is -0.0273. The molecule has 1 aromatic carbocycles. The van der Waals surface area contributed by atoms with Crippen molar-refractivity contribution in [1.29, 1.82) is 0 Å². The first-order valence-corrected chi connectivity index (χ1v) is 7.97. The molecule has 0 aliphatic heterocycles. The van der Waals surface area contributed by atoms with Crippen molar-refractivity contribution in [2.45, 2.75) is 42.8 Å². The minimum absolute atomic E-state index is 0.200. The second-order valence-electron chi connectivity index (χ2n) is 4.53. The summed E-state index contributed by atoms with van der Waals surface area (Å²) < 4.78 is 14.8. The Balaban J connectivity index is 2.35. The maximum Gasteiger partial charge on any atom is 0.146 e. The molecule has 0 aromatic heterocycles. The second-order valence-corrected chi connectivity index (χ2v) is 6.93. The van der Waals surface area contributed by atoms with Crippen molar-refractivity contribution in [1.82, 2.24) is 0 Å². The Labute approximate surface area is 123 Å². The van der Waals surface area contributed by atoms with Crippen LogP contribution < -0.4 is 0 Å². The lowest BCUT2D eigenvalue weighted by Gasteiger charge is -2.21. The lowest BCUT2D eigenvalue weighted by atomic mass is 9.91. The molecule has 1 aliphatic rings. The Morgan fingerprint density at radius 2 is 1.88 bits per heavy atom. The van der Waals surface area contributed by atoms with Gasteiger partial charge in [0.15, 0.2) is 0 Å². The maximum atomic E-state index is 14.2. The molecule has 0 saturated heterocycles. The van der Waals surface area contributed by atoms with E-state index >= 15 is 0 Å². The molecule has 2 atom stereocenters. The quantitative estimate of drug-likeness (QED) is 0.314. The number of rotatable bonds is 1. The summed E-state index contributed by atoms with van der Waals surface area (Å²) in [6, 6.07) is 3.70. The van der Waals surface area contributed by atoms with Gasteiger partial charge in [-0.3, -0.25) is 0 Å². The van der Waals surface area contributed by atoms with Gasteiger partial charge in [-0.1, -0.05) is 52.9 Å². The monoisotopic (exact) mass is 382 g/mol. The molecule has 0 radical (unpaired) electrons. The zero-order valence-corrected chi connectivity index (χ0v) is 13.3. The molecule has 17 heavy (non-hydrogen) atoms. The van der Waals surface area contributed by atoms with Gasteiger partial charge >= 0.3 is 0 Å². The number of hydrogen-bond acceptors (Lipinski definition) is 0. The van der Waals surface area contributed by atoms with Gasteiger partial charge in [0.2, 0.25) is 0 Å². The maximum absolute atomic E-state index is 14.2. The number of hydrogen-bond donors (Lipinski definition) is 0. The van der Waals surface area contributed by atoms with Crippen molar-refractivity contribution >= 4 is 43.5 Å². The summed E-state index contributed by atoms with van der Waals surface area (Å²) in [7, 11) is 0. The van der Waals surface area contributed by atoms with Gasteiger partial charge in [-0.25, -0.2) is 4.39 Å². The molecule has 0 nitrogen and oxygen atoms in total. The summed E-state index contributed by atoms with van der Waals surface area (Å²) in [4.78, 5) is 0.358. The molecule has 1 aromatic rings. The highest BCUT2D eigenvalue weighted by Crippen LogP contribution is 2.40. The smallest absolute Gasteiger partial charge is 0.146 e. The fourth-order valence-corrected chi connectivity index (χ4v) is 3.79. The summed E-state index contributed by atoms with van der Waals surface area (Å²) in [6.45, 7) is 0. The van der Waals surface area contributed by atoms with Gasteiger partial charge < -0.3 is 0 Å². The Bertz CT molecular complexity index is 409. The zero-order valence-electron chi connectivity index (χ0n) is 9.36. The Morgan fingerprint density at radius 3 is 2.65 bits per heavy atom. The Kier molecular flexibility index (Phi) is 4.90. The zero-order chi connectivity index (χ0) is 12.4. The first kappa shape index (κ1) is 13.8. The predicted molar refractivity (Wildman–Crippen MR) is 77.7 cm³/mol. The summed E-state index contributed by atoms with van der Waals surface area (Å²) >= 11 is 12.9. The van der Waals surface area contributed by atoms with Crippen molar-refractivity contribution in [2.24, 2.45) is 0 Å². The summed E-state index contributed by atoms with van der Waals surface area (Å²) in [6.07, 6.45) is 5.77. The highest BCUT2D eigenvalue weighted by atomic mass is 79.9. The number of halogens is 4. The van der Waals surface area contributed by atoms with Crippen LogP contribution in [-0.4, -0.2) is 4.83 Å². The third-order valence-corrected chi connectivity index (χ3v) is 5.75. The van der Waals surface area contributed by atoms with Crippen LogP contribution >= 0.6 is 43.5 Å². The van der Waals surface area contributed by atoms with Crippen LogP contribution in [0.3, 0.4) is 0 Å². The van der Waals surface area contributed by atoms with Gasteiger partial charge in [0.05, 0.1) is 5.02 Å². The molecular weight excluding hydrogens is 370 g/mol. The molecule has 2 unspecified atom stereocenters. The van der Waals surface area contributed by atoms with Crippen LogP contribution in [0, 0.1) is 5.82 Å². The van der Waals surface area contributed by atoms with E-state index in [1.165, 1.54) is 19.3 Å². The van der Waals surface area contributed by atoms with Crippen LogP contribution in [-0.2, 0) is 0 Å². The van der Waals surface area contributed by atoms with E-state index in [0.29, 0.717) is 9.30 Å². The number of benzene rings is 1. The average Bonchev–Trinajstić information content (AvgIpc) is 2.52. The largest absolute Gasteiger partial charge is 0.205 e. The van der Waals surface area contributed by atoms with Crippen molar-refractivity contribution < 1.29 is 4.39 Å². The van der Waals surface area contributed by atoms with Crippen LogP contribution in [0.1, 0.15) is 43.6 Å². The molecular formula is C13H14Br2ClF. The molecule has 1 aliphatic carbocycles. The third kappa shape index (κ3) is 3.05. The third-order valence-electron chi connectivity index (χ3n) is 3.40. The molecule has 0 N–H and O–H groups in total. The first-order valence-electron chi connectivity index (χ1n) is 5.88. The van der Waals surface area contributed by atoms with E-state index in [1.807, 2.05) is 12.1 Å². The minimum atomic E-state index is -0.266. The van der Waals surface area contributed by atoms with E-state index in [4.69, 9.17) is 11.6 Å². The molecule has 0 heterocycles. The Hall–Kier alpha value is 0.400. The molecule has 1 fully saturated rings. The molecule has 94 valence electrons. The lowest BCUT2D eigenvalue weighted by Crippen LogP contribution is -2.12. The SMILES string of the molecule is Fc1c(C2CCCCCC2Br)ccc(Br)c1Cl. The lowest BCUT2D eigenvalue weighted by molar-refractivity contribution is 0.547. The van der Waals surface area contributed by atoms with Gasteiger partial charge in [-0.05, 0) is 46.3 Å². The Morgan fingerprint density at radius 1 is 1.18 bits per heavy atom. The van der Waals surface area contributed by atoms with E-state index < -0.39 is 0 Å². The van der Waals surface area contributed by atoms with E-state index in [1.54, 1.807) is 0 Å². The van der Waals surface area contributed by atoms with E-state index in [2.05, 4.69) is 31.9 Å². The van der Waals surface area contributed by atoms with Gasteiger partial charge in [-0.15, -0.1) is 0 Å². The van der Waals surface area contributed by atoms with E-state index in [-0.39, 0.29) is 16.8 Å². The predicted octanol–water partition coefficient (Wildman–Crippen LogP) is 6.05.